The summed E-state index contributed by atoms with van der Waals surface area (Å²) in [5.74, 6) is -0.560. The molecule has 21 heavy (non-hydrogen) atoms. The van der Waals surface area contributed by atoms with Crippen LogP contribution in [0, 0.1) is 29.6 Å². The van der Waals surface area contributed by atoms with Crippen molar-refractivity contribution >= 4 is 18.4 Å². The molecule has 0 radical (unpaired) electrons. The molecule has 2 aliphatic carbocycles. The Morgan fingerprint density at radius 2 is 1.52 bits per heavy atom. The van der Waals surface area contributed by atoms with E-state index in [2.05, 4.69) is 6.92 Å². The minimum Gasteiger partial charge on any atom is -0.303 e. The smallest absolute Gasteiger partial charge is 0.137 e. The molecule has 0 aromatic carbocycles. The van der Waals surface area contributed by atoms with Gasteiger partial charge in [0.15, 0.2) is 0 Å². The second-order valence-corrected chi connectivity index (χ2v) is 6.48. The van der Waals surface area contributed by atoms with Crippen molar-refractivity contribution in [2.75, 3.05) is 0 Å². The maximum atomic E-state index is 12.4. The fraction of sp³-hybridized carbons (Fsp3) is 0.722. The van der Waals surface area contributed by atoms with Gasteiger partial charge in [0.25, 0.3) is 0 Å². The van der Waals surface area contributed by atoms with E-state index >= 15 is 0 Å². The summed E-state index contributed by atoms with van der Waals surface area (Å²) >= 11 is 0. The molecule has 3 heteroatoms. The summed E-state index contributed by atoms with van der Waals surface area (Å²) < 4.78 is 0. The Morgan fingerprint density at radius 1 is 0.905 bits per heavy atom. The fourth-order valence-electron chi connectivity index (χ4n) is 4.04. The quantitative estimate of drug-likeness (QED) is 0.352. The van der Waals surface area contributed by atoms with Crippen LogP contribution in [0.1, 0.15) is 51.9 Å². The summed E-state index contributed by atoms with van der Waals surface area (Å²) in [6.45, 7) is 2.19. The number of unbranched alkanes of at least 4 members (excludes halogenated alkanes) is 5. The van der Waals surface area contributed by atoms with E-state index < -0.39 is 0 Å². The van der Waals surface area contributed by atoms with Gasteiger partial charge in [0.05, 0.1) is 0 Å². The maximum absolute atomic E-state index is 12.4. The van der Waals surface area contributed by atoms with Crippen LogP contribution in [0.4, 0.5) is 0 Å². The number of carbonyl (C=O) groups is 3. The van der Waals surface area contributed by atoms with E-state index in [4.69, 9.17) is 0 Å². The summed E-state index contributed by atoms with van der Waals surface area (Å²) in [5, 5.41) is 0. The molecule has 0 aliphatic heterocycles. The molecule has 1 saturated carbocycles. The number of ketones is 1. The van der Waals surface area contributed by atoms with E-state index in [0.29, 0.717) is 6.42 Å². The molecular formula is C18H26O3. The fourth-order valence-corrected chi connectivity index (χ4v) is 4.04. The molecule has 116 valence electrons. The van der Waals surface area contributed by atoms with E-state index in [1.54, 1.807) is 0 Å². The summed E-state index contributed by atoms with van der Waals surface area (Å²) in [6, 6.07) is 0. The molecule has 0 unspecified atom stereocenters. The molecule has 2 rings (SSSR count). The van der Waals surface area contributed by atoms with Crippen molar-refractivity contribution in [2.45, 2.75) is 51.9 Å². The van der Waals surface area contributed by atoms with Gasteiger partial charge in [0, 0.05) is 24.2 Å². The van der Waals surface area contributed by atoms with Gasteiger partial charge >= 0.3 is 0 Å². The van der Waals surface area contributed by atoms with E-state index in [0.717, 1.165) is 25.4 Å². The third-order valence-corrected chi connectivity index (χ3v) is 5.18. The molecule has 0 spiro atoms. The lowest BCUT2D eigenvalue weighted by atomic mass is 9.80. The topological polar surface area (TPSA) is 51.2 Å². The van der Waals surface area contributed by atoms with E-state index in [1.165, 1.54) is 25.7 Å². The van der Waals surface area contributed by atoms with Crippen LogP contribution in [0.2, 0.25) is 0 Å². The van der Waals surface area contributed by atoms with Crippen molar-refractivity contribution in [1.29, 1.82) is 0 Å². The molecule has 3 nitrogen and oxygen atoms in total. The lowest BCUT2D eigenvalue weighted by Gasteiger charge is -2.22. The third-order valence-electron chi connectivity index (χ3n) is 5.18. The van der Waals surface area contributed by atoms with Gasteiger partial charge in [-0.2, -0.15) is 0 Å². The Labute approximate surface area is 127 Å². The number of rotatable bonds is 10. The minimum atomic E-state index is -0.275. The molecule has 0 aromatic rings. The Kier molecular flexibility index (Phi) is 5.89. The maximum Gasteiger partial charge on any atom is 0.137 e. The highest BCUT2D eigenvalue weighted by Crippen LogP contribution is 2.51. The predicted molar refractivity (Wildman–Crippen MR) is 81.7 cm³/mol. The molecule has 2 bridgehead atoms. The molecule has 0 aromatic heterocycles. The molecular weight excluding hydrogens is 264 g/mol. The largest absolute Gasteiger partial charge is 0.303 e. The first-order valence-corrected chi connectivity index (χ1v) is 8.36. The number of allylic oxidation sites excluding steroid dienone is 2. The van der Waals surface area contributed by atoms with Crippen LogP contribution in [-0.2, 0) is 14.4 Å². The second kappa shape index (κ2) is 7.67. The number of Topliss-reactive ketones (excluding diaryl/α,β-unsaturated/α-hetero) is 1. The molecule has 5 atom stereocenters. The number of hydrogen-bond donors (Lipinski definition) is 0. The first-order valence-electron chi connectivity index (χ1n) is 8.36. The summed E-state index contributed by atoms with van der Waals surface area (Å²) in [7, 11) is 0. The average Bonchev–Trinajstić information content (AvgIpc) is 3.04. The number of carbonyl (C=O) groups excluding carboxylic acids is 3. The van der Waals surface area contributed by atoms with Gasteiger partial charge in [0.2, 0.25) is 0 Å². The number of hydrogen-bond acceptors (Lipinski definition) is 3. The van der Waals surface area contributed by atoms with Gasteiger partial charge in [-0.25, -0.2) is 0 Å². The number of aldehydes is 2. The van der Waals surface area contributed by atoms with Crippen LogP contribution in [0.15, 0.2) is 12.2 Å². The molecule has 1 fully saturated rings. The average molecular weight is 290 g/mol. The standard InChI is InChI=1S/C18H26O3/c1-2-3-4-5-6-7-8-17(21)18-14-10-9-13(15(14)11-19)16(18)12-20/h9-16,18H,2-8H2,1H3/t13-,14+,15-,16+,18-/m0/s1. The summed E-state index contributed by atoms with van der Waals surface area (Å²) in [5.41, 5.74) is 0. The van der Waals surface area contributed by atoms with Gasteiger partial charge < -0.3 is 9.59 Å². The molecule has 2 aliphatic rings. The van der Waals surface area contributed by atoms with Crippen LogP contribution in [0.3, 0.4) is 0 Å². The van der Waals surface area contributed by atoms with Crippen LogP contribution in [0.25, 0.3) is 0 Å². The summed E-state index contributed by atoms with van der Waals surface area (Å²) in [4.78, 5) is 35.0. The van der Waals surface area contributed by atoms with Crippen LogP contribution in [-0.4, -0.2) is 18.4 Å². The zero-order valence-electron chi connectivity index (χ0n) is 12.9. The number of fused-ring (bicyclic) bond motifs is 2. The Balaban J connectivity index is 1.83. The van der Waals surface area contributed by atoms with Gasteiger partial charge in [-0.05, 0) is 18.3 Å². The highest BCUT2D eigenvalue weighted by atomic mass is 16.1. The Morgan fingerprint density at radius 3 is 2.19 bits per heavy atom. The Bertz CT molecular complexity index is 411. The van der Waals surface area contributed by atoms with Crippen molar-refractivity contribution < 1.29 is 14.4 Å². The van der Waals surface area contributed by atoms with Crippen molar-refractivity contribution in [3.8, 4) is 0 Å². The second-order valence-electron chi connectivity index (χ2n) is 6.48. The molecule has 0 amide bonds. The van der Waals surface area contributed by atoms with Crippen LogP contribution < -0.4 is 0 Å². The highest BCUT2D eigenvalue weighted by molar-refractivity contribution is 5.87. The monoisotopic (exact) mass is 290 g/mol. The zero-order valence-corrected chi connectivity index (χ0v) is 12.9. The lowest BCUT2D eigenvalue weighted by molar-refractivity contribution is -0.128. The first-order chi connectivity index (χ1) is 10.2. The Hall–Kier alpha value is -1.25. The SMILES string of the molecule is CCCCCCCCC(=O)[C@@H]1[C@H](C=O)[C@H]2C=C[C@@H]1[C@H]2C=O. The summed E-state index contributed by atoms with van der Waals surface area (Å²) in [6.07, 6.45) is 13.2. The van der Waals surface area contributed by atoms with Crippen molar-refractivity contribution in [1.82, 2.24) is 0 Å². The minimum absolute atomic E-state index is 0.0321. The van der Waals surface area contributed by atoms with Gasteiger partial charge in [-0.15, -0.1) is 0 Å². The van der Waals surface area contributed by atoms with E-state index in [9.17, 15) is 14.4 Å². The molecule has 0 saturated heterocycles. The van der Waals surface area contributed by atoms with Crippen molar-refractivity contribution in [3.05, 3.63) is 12.2 Å². The van der Waals surface area contributed by atoms with Crippen molar-refractivity contribution in [2.24, 2.45) is 29.6 Å². The van der Waals surface area contributed by atoms with Crippen molar-refractivity contribution in [3.63, 3.8) is 0 Å². The highest BCUT2D eigenvalue weighted by Gasteiger charge is 2.53. The third kappa shape index (κ3) is 3.33. The van der Waals surface area contributed by atoms with E-state index in [-0.39, 0.29) is 35.4 Å². The van der Waals surface area contributed by atoms with Gasteiger partial charge in [-0.3, -0.25) is 4.79 Å². The van der Waals surface area contributed by atoms with E-state index in [1.807, 2.05) is 12.2 Å². The molecule has 0 heterocycles. The lowest BCUT2D eigenvalue weighted by Crippen LogP contribution is -2.28. The molecule has 0 N–H and O–H groups in total. The zero-order chi connectivity index (χ0) is 15.2. The van der Waals surface area contributed by atoms with Crippen LogP contribution >= 0.6 is 0 Å². The predicted octanol–water partition coefficient (Wildman–Crippen LogP) is 3.37. The first kappa shape index (κ1) is 16.1. The van der Waals surface area contributed by atoms with Gasteiger partial charge in [0.1, 0.15) is 18.4 Å². The normalized spacial score (nSPS) is 33.3. The van der Waals surface area contributed by atoms with Gasteiger partial charge in [-0.1, -0.05) is 51.2 Å². The van der Waals surface area contributed by atoms with Crippen LogP contribution in [0.5, 0.6) is 0 Å².